The van der Waals surface area contributed by atoms with Gasteiger partial charge in [-0.15, -0.1) is 0 Å². The number of hydrogen-bond donors (Lipinski definition) is 3. The van der Waals surface area contributed by atoms with Crippen molar-refractivity contribution in [2.75, 3.05) is 32.0 Å². The highest BCUT2D eigenvalue weighted by Crippen LogP contribution is 2.17. The number of carbonyl (C=O) groups is 1. The summed E-state index contributed by atoms with van der Waals surface area (Å²) < 4.78 is 0. The summed E-state index contributed by atoms with van der Waals surface area (Å²) in [5.41, 5.74) is 0.0646. The molecule has 1 aliphatic heterocycles. The number of β-amino-alcohol motifs (C(OH)–C–C–N with tert-alkyl or cyclic N) is 1. The SMILES string of the molecule is CC(C(=O)Nc1ccccc1)N(C)CC1(O)CCNC1. The van der Waals surface area contributed by atoms with Gasteiger partial charge in [0.25, 0.3) is 0 Å². The highest BCUT2D eigenvalue weighted by atomic mass is 16.3. The first-order chi connectivity index (χ1) is 9.50. The van der Waals surface area contributed by atoms with Crippen LogP contribution in [0.15, 0.2) is 30.3 Å². The molecule has 0 radical (unpaired) electrons. The predicted molar refractivity (Wildman–Crippen MR) is 79.6 cm³/mol. The maximum atomic E-state index is 12.2. The predicted octanol–water partition coefficient (Wildman–Crippen LogP) is 0.670. The molecule has 0 spiro atoms. The molecule has 0 bridgehead atoms. The third-order valence-corrected chi connectivity index (χ3v) is 3.85. The van der Waals surface area contributed by atoms with Crippen molar-refractivity contribution in [2.24, 2.45) is 0 Å². The molecule has 1 heterocycles. The van der Waals surface area contributed by atoms with E-state index < -0.39 is 5.60 Å². The van der Waals surface area contributed by atoms with Crippen molar-refractivity contribution in [2.45, 2.75) is 25.0 Å². The van der Waals surface area contributed by atoms with Gasteiger partial charge >= 0.3 is 0 Å². The Labute approximate surface area is 120 Å². The molecule has 1 aliphatic rings. The Balaban J connectivity index is 1.89. The van der Waals surface area contributed by atoms with Crippen molar-refractivity contribution in [1.82, 2.24) is 10.2 Å². The lowest BCUT2D eigenvalue weighted by molar-refractivity contribution is -0.121. The van der Waals surface area contributed by atoms with Crippen LogP contribution in [-0.2, 0) is 4.79 Å². The molecule has 2 rings (SSSR count). The van der Waals surface area contributed by atoms with Gasteiger partial charge in [-0.1, -0.05) is 18.2 Å². The quantitative estimate of drug-likeness (QED) is 0.740. The molecule has 2 unspecified atom stereocenters. The van der Waals surface area contributed by atoms with E-state index in [-0.39, 0.29) is 11.9 Å². The third-order valence-electron chi connectivity index (χ3n) is 3.85. The first-order valence-electron chi connectivity index (χ1n) is 6.99. The van der Waals surface area contributed by atoms with E-state index in [0.29, 0.717) is 13.1 Å². The van der Waals surface area contributed by atoms with Gasteiger partial charge in [0.2, 0.25) is 5.91 Å². The van der Waals surface area contributed by atoms with Gasteiger partial charge in [0.1, 0.15) is 0 Å². The van der Waals surface area contributed by atoms with Crippen LogP contribution in [0.5, 0.6) is 0 Å². The fraction of sp³-hybridized carbons (Fsp3) is 0.533. The fourth-order valence-electron chi connectivity index (χ4n) is 2.44. The van der Waals surface area contributed by atoms with Crippen LogP contribution in [0, 0.1) is 0 Å². The normalized spacial score (nSPS) is 23.8. The van der Waals surface area contributed by atoms with E-state index in [1.807, 2.05) is 49.2 Å². The lowest BCUT2D eigenvalue weighted by Crippen LogP contribution is -2.49. The second kappa shape index (κ2) is 6.35. The van der Waals surface area contributed by atoms with Crippen molar-refractivity contribution in [1.29, 1.82) is 0 Å². The summed E-state index contributed by atoms with van der Waals surface area (Å²) in [7, 11) is 1.87. The van der Waals surface area contributed by atoms with E-state index in [1.165, 1.54) is 0 Å². The molecule has 20 heavy (non-hydrogen) atoms. The highest BCUT2D eigenvalue weighted by Gasteiger charge is 2.34. The molecular formula is C15H23N3O2. The molecule has 1 aromatic carbocycles. The van der Waals surface area contributed by atoms with Crippen LogP contribution in [0.1, 0.15) is 13.3 Å². The molecule has 0 aliphatic carbocycles. The number of para-hydroxylation sites is 1. The summed E-state index contributed by atoms with van der Waals surface area (Å²) in [6, 6.07) is 9.11. The van der Waals surface area contributed by atoms with Crippen LogP contribution >= 0.6 is 0 Å². The third kappa shape index (κ3) is 3.79. The van der Waals surface area contributed by atoms with Gasteiger partial charge in [-0.2, -0.15) is 0 Å². The molecular weight excluding hydrogens is 254 g/mol. The lowest BCUT2D eigenvalue weighted by Gasteiger charge is -2.31. The summed E-state index contributed by atoms with van der Waals surface area (Å²) in [5.74, 6) is -0.0618. The molecule has 5 nitrogen and oxygen atoms in total. The van der Waals surface area contributed by atoms with E-state index in [4.69, 9.17) is 0 Å². The van der Waals surface area contributed by atoms with Crippen LogP contribution in [0.4, 0.5) is 5.69 Å². The number of rotatable bonds is 5. The number of carbonyl (C=O) groups excluding carboxylic acids is 1. The van der Waals surface area contributed by atoms with E-state index >= 15 is 0 Å². The number of benzene rings is 1. The van der Waals surface area contributed by atoms with Crippen LogP contribution in [0.2, 0.25) is 0 Å². The Bertz CT molecular complexity index is 444. The number of hydrogen-bond acceptors (Lipinski definition) is 4. The zero-order valence-electron chi connectivity index (χ0n) is 12.1. The van der Waals surface area contributed by atoms with Crippen molar-refractivity contribution in [3.63, 3.8) is 0 Å². The molecule has 5 heteroatoms. The zero-order valence-corrected chi connectivity index (χ0v) is 12.1. The zero-order chi connectivity index (χ0) is 14.6. The van der Waals surface area contributed by atoms with Gasteiger partial charge in [-0.05, 0) is 39.1 Å². The molecule has 1 amide bonds. The first kappa shape index (κ1) is 15.0. The minimum atomic E-state index is -0.726. The Morgan fingerprint density at radius 1 is 1.50 bits per heavy atom. The largest absolute Gasteiger partial charge is 0.387 e. The molecule has 3 N–H and O–H groups in total. The van der Waals surface area contributed by atoms with Crippen LogP contribution in [-0.4, -0.2) is 54.2 Å². The van der Waals surface area contributed by atoms with E-state index in [0.717, 1.165) is 18.7 Å². The van der Waals surface area contributed by atoms with Crippen LogP contribution in [0.3, 0.4) is 0 Å². The van der Waals surface area contributed by atoms with Crippen LogP contribution in [0.25, 0.3) is 0 Å². The number of likely N-dealkylation sites (N-methyl/N-ethyl adjacent to an activating group) is 1. The minimum absolute atomic E-state index is 0.0618. The molecule has 1 aromatic rings. The van der Waals surface area contributed by atoms with Gasteiger partial charge in [0.05, 0.1) is 11.6 Å². The monoisotopic (exact) mass is 277 g/mol. The van der Waals surface area contributed by atoms with Crippen molar-refractivity contribution in [3.8, 4) is 0 Å². The average Bonchev–Trinajstić information content (AvgIpc) is 2.85. The second-order valence-electron chi connectivity index (χ2n) is 5.60. The Hall–Kier alpha value is -1.43. The van der Waals surface area contributed by atoms with E-state index in [9.17, 15) is 9.90 Å². The van der Waals surface area contributed by atoms with Gasteiger partial charge in [-0.25, -0.2) is 0 Å². The molecule has 1 fully saturated rings. The van der Waals surface area contributed by atoms with Crippen molar-refractivity contribution < 1.29 is 9.90 Å². The number of aliphatic hydroxyl groups is 1. The van der Waals surface area contributed by atoms with Crippen LogP contribution < -0.4 is 10.6 Å². The first-order valence-corrected chi connectivity index (χ1v) is 6.99. The molecule has 0 aromatic heterocycles. The van der Waals surface area contributed by atoms with Gasteiger partial charge < -0.3 is 15.7 Å². The fourth-order valence-corrected chi connectivity index (χ4v) is 2.44. The minimum Gasteiger partial charge on any atom is -0.387 e. The molecule has 110 valence electrons. The molecule has 2 atom stereocenters. The maximum Gasteiger partial charge on any atom is 0.241 e. The Morgan fingerprint density at radius 3 is 2.80 bits per heavy atom. The van der Waals surface area contributed by atoms with Gasteiger partial charge in [0.15, 0.2) is 0 Å². The van der Waals surface area contributed by atoms with Crippen molar-refractivity contribution >= 4 is 11.6 Å². The van der Waals surface area contributed by atoms with Gasteiger partial charge in [-0.3, -0.25) is 9.69 Å². The number of nitrogens with zero attached hydrogens (tertiary/aromatic N) is 1. The average molecular weight is 277 g/mol. The van der Waals surface area contributed by atoms with E-state index in [2.05, 4.69) is 10.6 Å². The topological polar surface area (TPSA) is 64.6 Å². The Morgan fingerprint density at radius 2 is 2.20 bits per heavy atom. The van der Waals surface area contributed by atoms with E-state index in [1.54, 1.807) is 0 Å². The summed E-state index contributed by atoms with van der Waals surface area (Å²) in [6.45, 7) is 3.76. The Kier molecular flexibility index (Phi) is 4.75. The number of nitrogens with one attached hydrogen (secondary N) is 2. The highest BCUT2D eigenvalue weighted by molar-refractivity contribution is 5.94. The van der Waals surface area contributed by atoms with Gasteiger partial charge in [0, 0.05) is 18.8 Å². The summed E-state index contributed by atoms with van der Waals surface area (Å²) in [6.07, 6.45) is 0.727. The molecule has 0 saturated carbocycles. The molecule has 1 saturated heterocycles. The summed E-state index contributed by atoms with van der Waals surface area (Å²) >= 11 is 0. The number of anilines is 1. The maximum absolute atomic E-state index is 12.2. The summed E-state index contributed by atoms with van der Waals surface area (Å²) in [5, 5.41) is 16.4. The smallest absolute Gasteiger partial charge is 0.241 e. The lowest BCUT2D eigenvalue weighted by atomic mass is 10.0. The second-order valence-corrected chi connectivity index (χ2v) is 5.60. The summed E-state index contributed by atoms with van der Waals surface area (Å²) in [4.78, 5) is 14.1. The van der Waals surface area contributed by atoms with Crippen molar-refractivity contribution in [3.05, 3.63) is 30.3 Å². The number of amides is 1. The standard InChI is InChI=1S/C15H23N3O2/c1-12(14(19)17-13-6-4-3-5-7-13)18(2)11-15(20)8-9-16-10-15/h3-7,12,16,20H,8-11H2,1-2H3,(H,17,19).